The highest BCUT2D eigenvalue weighted by Crippen LogP contribution is 2.32. The molecule has 1 aromatic heterocycles. The third kappa shape index (κ3) is 4.74. The molecule has 0 saturated heterocycles. The lowest BCUT2D eigenvalue weighted by Crippen LogP contribution is -2.13. The number of carbonyl (C=O) groups excluding carboxylic acids is 2. The fourth-order valence-electron chi connectivity index (χ4n) is 3.75. The summed E-state index contributed by atoms with van der Waals surface area (Å²) >= 11 is 0. The van der Waals surface area contributed by atoms with Gasteiger partial charge in [0.2, 0.25) is 11.6 Å². The average molecular weight is 485 g/mol. The molecule has 4 aromatic rings. The minimum atomic E-state index is -0.370. The number of ether oxygens (including phenoxy) is 4. The van der Waals surface area contributed by atoms with Crippen LogP contribution in [0.2, 0.25) is 0 Å². The monoisotopic (exact) mass is 484 g/mol. The number of benzene rings is 3. The topological polar surface area (TPSA) is 96.8 Å². The van der Waals surface area contributed by atoms with E-state index in [1.165, 1.54) is 28.4 Å². The Balaban J connectivity index is 1.80. The van der Waals surface area contributed by atoms with Crippen molar-refractivity contribution in [3.8, 4) is 34.1 Å². The van der Waals surface area contributed by atoms with Crippen LogP contribution < -0.4 is 18.9 Å². The van der Waals surface area contributed by atoms with E-state index in [2.05, 4.69) is 10.2 Å². The van der Waals surface area contributed by atoms with Crippen molar-refractivity contribution in [1.82, 2.24) is 10.2 Å². The van der Waals surface area contributed by atoms with Crippen molar-refractivity contribution in [2.45, 2.75) is 0 Å². The van der Waals surface area contributed by atoms with Gasteiger partial charge in [-0.15, -0.1) is 10.2 Å². The van der Waals surface area contributed by atoms with E-state index in [0.717, 1.165) is 5.56 Å². The molecule has 0 atom stereocenters. The number of carbonyl (C=O) groups is 2. The van der Waals surface area contributed by atoms with E-state index in [1.807, 2.05) is 30.3 Å². The van der Waals surface area contributed by atoms with E-state index in [9.17, 15) is 9.59 Å². The molecule has 4 rings (SSSR count). The van der Waals surface area contributed by atoms with E-state index < -0.39 is 0 Å². The molecule has 182 valence electrons. The van der Waals surface area contributed by atoms with Crippen molar-refractivity contribution in [1.29, 1.82) is 0 Å². The molecule has 0 radical (unpaired) electrons. The van der Waals surface area contributed by atoms with Gasteiger partial charge in [0.05, 0.1) is 28.4 Å². The molecular weight excluding hydrogens is 460 g/mol. The van der Waals surface area contributed by atoms with E-state index in [1.54, 1.807) is 42.5 Å². The average Bonchev–Trinajstić information content (AvgIpc) is 2.95. The maximum Gasteiger partial charge on any atom is 0.214 e. The van der Waals surface area contributed by atoms with Gasteiger partial charge in [-0.25, -0.2) is 0 Å². The van der Waals surface area contributed by atoms with Crippen molar-refractivity contribution < 1.29 is 28.5 Å². The van der Waals surface area contributed by atoms with Crippen molar-refractivity contribution in [2.24, 2.45) is 0 Å². The van der Waals surface area contributed by atoms with Gasteiger partial charge in [-0.3, -0.25) is 9.59 Å². The predicted octanol–water partition coefficient (Wildman–Crippen LogP) is 4.64. The molecule has 3 aromatic carbocycles. The number of hydrogen-bond acceptors (Lipinski definition) is 8. The molecule has 0 spiro atoms. The van der Waals surface area contributed by atoms with Gasteiger partial charge in [-0.05, 0) is 48.0 Å². The molecule has 0 amide bonds. The number of aromatic nitrogens is 2. The summed E-state index contributed by atoms with van der Waals surface area (Å²) in [5.41, 5.74) is 2.09. The number of methoxy groups -OCH3 is 4. The van der Waals surface area contributed by atoms with Gasteiger partial charge in [-0.1, -0.05) is 30.3 Å². The van der Waals surface area contributed by atoms with Gasteiger partial charge in [0.25, 0.3) is 0 Å². The van der Waals surface area contributed by atoms with Crippen LogP contribution in [0, 0.1) is 0 Å². The molecule has 0 unspecified atom stereocenters. The highest BCUT2D eigenvalue weighted by atomic mass is 16.5. The summed E-state index contributed by atoms with van der Waals surface area (Å²) in [5, 5.41) is 8.32. The van der Waals surface area contributed by atoms with Crippen LogP contribution in [0.3, 0.4) is 0 Å². The predicted molar refractivity (Wildman–Crippen MR) is 133 cm³/mol. The third-order valence-electron chi connectivity index (χ3n) is 5.62. The van der Waals surface area contributed by atoms with Crippen molar-refractivity contribution in [2.75, 3.05) is 28.4 Å². The first-order valence-corrected chi connectivity index (χ1v) is 11.0. The van der Waals surface area contributed by atoms with Gasteiger partial charge in [0.1, 0.15) is 11.4 Å². The van der Waals surface area contributed by atoms with Crippen molar-refractivity contribution >= 4 is 11.6 Å². The van der Waals surface area contributed by atoms with E-state index in [4.69, 9.17) is 18.9 Å². The molecule has 0 aliphatic carbocycles. The first-order valence-electron chi connectivity index (χ1n) is 11.0. The lowest BCUT2D eigenvalue weighted by Gasteiger charge is -2.12. The second kappa shape index (κ2) is 10.7. The lowest BCUT2D eigenvalue weighted by molar-refractivity contribution is 0.101. The second-order valence-electron chi connectivity index (χ2n) is 7.66. The fourth-order valence-corrected chi connectivity index (χ4v) is 3.75. The van der Waals surface area contributed by atoms with Crippen LogP contribution in [0.1, 0.15) is 32.1 Å². The number of rotatable bonds is 9. The highest BCUT2D eigenvalue weighted by molar-refractivity contribution is 6.13. The van der Waals surface area contributed by atoms with Crippen LogP contribution in [0.25, 0.3) is 11.1 Å². The Morgan fingerprint density at radius 1 is 0.583 bits per heavy atom. The minimum Gasteiger partial charge on any atom is -0.493 e. The highest BCUT2D eigenvalue weighted by Gasteiger charge is 2.23. The van der Waals surface area contributed by atoms with E-state index in [-0.39, 0.29) is 23.0 Å². The van der Waals surface area contributed by atoms with Gasteiger partial charge in [0, 0.05) is 16.7 Å². The summed E-state index contributed by atoms with van der Waals surface area (Å²) in [6.07, 6.45) is 0. The molecule has 0 fully saturated rings. The molecule has 0 aliphatic heterocycles. The quantitative estimate of drug-likeness (QED) is 0.317. The Morgan fingerprint density at radius 2 is 1.11 bits per heavy atom. The van der Waals surface area contributed by atoms with Crippen LogP contribution in [0.15, 0.2) is 72.8 Å². The Kier molecular flexibility index (Phi) is 7.25. The van der Waals surface area contributed by atoms with Gasteiger partial charge in [-0.2, -0.15) is 0 Å². The summed E-state index contributed by atoms with van der Waals surface area (Å²) in [5.74, 6) is 1.09. The molecule has 8 nitrogen and oxygen atoms in total. The summed E-state index contributed by atoms with van der Waals surface area (Å²) in [6.45, 7) is 0. The zero-order valence-electron chi connectivity index (χ0n) is 20.3. The SMILES string of the molecule is COc1ccc(C(=O)c2cc(-c3ccccc3)c(C(=O)c3ccc(OC)c(OC)c3)nn2)cc1OC. The van der Waals surface area contributed by atoms with Crippen molar-refractivity contribution in [3.05, 3.63) is 95.3 Å². The van der Waals surface area contributed by atoms with E-state index >= 15 is 0 Å². The van der Waals surface area contributed by atoms with Gasteiger partial charge >= 0.3 is 0 Å². The smallest absolute Gasteiger partial charge is 0.214 e. The van der Waals surface area contributed by atoms with Crippen LogP contribution >= 0.6 is 0 Å². The molecule has 0 saturated carbocycles. The summed E-state index contributed by atoms with van der Waals surface area (Å²) in [6, 6.07) is 20.5. The summed E-state index contributed by atoms with van der Waals surface area (Å²) in [4.78, 5) is 26.8. The summed E-state index contributed by atoms with van der Waals surface area (Å²) < 4.78 is 21.2. The number of ketones is 2. The number of hydrogen-bond donors (Lipinski definition) is 0. The van der Waals surface area contributed by atoms with Gasteiger partial charge in [0.15, 0.2) is 23.0 Å². The molecule has 36 heavy (non-hydrogen) atoms. The Hall–Kier alpha value is -4.72. The Bertz CT molecular complexity index is 1420. The molecule has 0 aliphatic rings. The zero-order chi connectivity index (χ0) is 25.7. The summed E-state index contributed by atoms with van der Waals surface area (Å²) in [7, 11) is 6.03. The molecule has 1 heterocycles. The molecule has 0 bridgehead atoms. The van der Waals surface area contributed by atoms with Crippen molar-refractivity contribution in [3.63, 3.8) is 0 Å². The Labute approximate surface area is 208 Å². The van der Waals surface area contributed by atoms with E-state index in [0.29, 0.717) is 39.7 Å². The van der Waals surface area contributed by atoms with Crippen LogP contribution in [-0.4, -0.2) is 50.2 Å². The third-order valence-corrected chi connectivity index (χ3v) is 5.62. The molecule has 8 heteroatoms. The zero-order valence-corrected chi connectivity index (χ0v) is 20.3. The Morgan fingerprint density at radius 3 is 1.64 bits per heavy atom. The largest absolute Gasteiger partial charge is 0.493 e. The van der Waals surface area contributed by atoms with Crippen LogP contribution in [0.4, 0.5) is 0 Å². The normalized spacial score (nSPS) is 10.4. The second-order valence-corrected chi connectivity index (χ2v) is 7.66. The standard InChI is InChI=1S/C28H24N2O6/c1-33-22-12-10-18(14-24(22)35-3)27(31)21-16-20(17-8-6-5-7-9-17)26(30-29-21)28(32)19-11-13-23(34-2)25(15-19)36-4/h5-16H,1-4H3. The fraction of sp³-hybridized carbons (Fsp3) is 0.143. The first kappa shape index (κ1) is 24.4. The maximum absolute atomic E-state index is 13.5. The minimum absolute atomic E-state index is 0.0879. The molecule has 0 N–H and O–H groups in total. The molecular formula is C28H24N2O6. The lowest BCUT2D eigenvalue weighted by atomic mass is 9.97. The van der Waals surface area contributed by atoms with Gasteiger partial charge < -0.3 is 18.9 Å². The van der Waals surface area contributed by atoms with Crippen LogP contribution in [0.5, 0.6) is 23.0 Å². The maximum atomic E-state index is 13.5. The number of nitrogens with zero attached hydrogens (tertiary/aromatic N) is 2. The van der Waals surface area contributed by atoms with Crippen LogP contribution in [-0.2, 0) is 0 Å². The first-order chi connectivity index (χ1) is 17.5.